The molecule has 0 aliphatic carbocycles. The van der Waals surface area contributed by atoms with Crippen LogP contribution in [0.25, 0.3) is 45.6 Å². The summed E-state index contributed by atoms with van der Waals surface area (Å²) < 4.78 is 0. The highest BCUT2D eigenvalue weighted by molar-refractivity contribution is 5.93. The molecule has 72 heavy (non-hydrogen) atoms. The van der Waals surface area contributed by atoms with Crippen molar-refractivity contribution in [2.75, 3.05) is 9.80 Å². The Morgan fingerprint density at radius 2 is 0.389 bits per heavy atom. The lowest BCUT2D eigenvalue weighted by molar-refractivity contribution is 1.28. The molecule has 0 aliphatic rings. The van der Waals surface area contributed by atoms with Gasteiger partial charge in [0.15, 0.2) is 0 Å². The lowest BCUT2D eigenvalue weighted by Gasteiger charge is -2.26. The minimum atomic E-state index is 1.09. The molecule has 0 unspecified atom stereocenters. The summed E-state index contributed by atoms with van der Waals surface area (Å²) in [5, 5.41) is 0. The predicted octanol–water partition coefficient (Wildman–Crippen LogP) is 19.1. The average Bonchev–Trinajstić information content (AvgIpc) is 3.47. The fourth-order valence-electron chi connectivity index (χ4n) is 9.42. The third-order valence-corrected chi connectivity index (χ3v) is 13.1. The van der Waals surface area contributed by atoms with Crippen LogP contribution in [-0.4, -0.2) is 0 Å². The van der Waals surface area contributed by atoms with Crippen LogP contribution >= 0.6 is 0 Å². The molecule has 342 valence electrons. The third-order valence-electron chi connectivity index (χ3n) is 13.1. The zero-order valence-electron chi connectivity index (χ0n) is 39.9. The van der Waals surface area contributed by atoms with Crippen LogP contribution in [0, 0.1) is 0 Å². The van der Waals surface area contributed by atoms with Crippen molar-refractivity contribution in [2.24, 2.45) is 0 Å². The molecule has 11 aromatic carbocycles. The molecule has 2 nitrogen and oxygen atoms in total. The summed E-state index contributed by atoms with van der Waals surface area (Å²) in [6.45, 7) is 0. The summed E-state index contributed by atoms with van der Waals surface area (Å²) in [4.78, 5) is 4.64. The first-order valence-electron chi connectivity index (χ1n) is 24.6. The first kappa shape index (κ1) is 45.0. The molecule has 0 saturated carbocycles. The van der Waals surface area contributed by atoms with Crippen LogP contribution in [0.15, 0.2) is 303 Å². The van der Waals surface area contributed by atoms with Crippen molar-refractivity contribution < 1.29 is 0 Å². The molecule has 0 saturated heterocycles. The van der Waals surface area contributed by atoms with Gasteiger partial charge in [-0.2, -0.15) is 0 Å². The number of anilines is 6. The Morgan fingerprint density at radius 1 is 0.194 bits per heavy atom. The van der Waals surface area contributed by atoms with E-state index in [0.29, 0.717) is 0 Å². The Kier molecular flexibility index (Phi) is 13.4. The van der Waals surface area contributed by atoms with Gasteiger partial charge in [0.05, 0.1) is 0 Å². The molecule has 2 heteroatoms. The summed E-state index contributed by atoms with van der Waals surface area (Å²) in [5.41, 5.74) is 20.7. The van der Waals surface area contributed by atoms with Gasteiger partial charge in [0, 0.05) is 34.1 Å². The van der Waals surface area contributed by atoms with E-state index in [-0.39, 0.29) is 0 Å². The Morgan fingerprint density at radius 3 is 0.639 bits per heavy atom. The standard InChI is InChI=1S/C70H52N2/c1-7-19-59(20-8-1)69(60-21-9-2-10-22-60)51-53-31-43-65(44-32-53)71(63-27-15-5-16-28-63)67-47-39-57(40-48-67)55-35-37-56(38-36-55)58-41-49-68(50-42-58)72(64-29-17-6-18-30-64)66-45-33-54(34-46-66)52-70(61-23-11-3-12-24-61)62-25-13-4-14-26-62/h1-52H. The molecule has 0 bridgehead atoms. The highest BCUT2D eigenvalue weighted by Gasteiger charge is 2.16. The largest absolute Gasteiger partial charge is 0.311 e. The number of nitrogens with zero attached hydrogens (tertiary/aromatic N) is 2. The molecule has 0 N–H and O–H groups in total. The summed E-state index contributed by atoms with van der Waals surface area (Å²) in [6, 6.07) is 108. The van der Waals surface area contributed by atoms with Crippen molar-refractivity contribution >= 4 is 57.4 Å². The van der Waals surface area contributed by atoms with Crippen LogP contribution in [0.1, 0.15) is 33.4 Å². The molecule has 11 rings (SSSR count). The predicted molar refractivity (Wildman–Crippen MR) is 306 cm³/mol. The molecule has 0 aromatic heterocycles. The van der Waals surface area contributed by atoms with Gasteiger partial charge >= 0.3 is 0 Å². The van der Waals surface area contributed by atoms with Crippen molar-refractivity contribution in [2.45, 2.75) is 0 Å². The normalized spacial score (nSPS) is 10.8. The van der Waals surface area contributed by atoms with Gasteiger partial charge in [-0.25, -0.2) is 0 Å². The van der Waals surface area contributed by atoms with Crippen molar-refractivity contribution in [1.82, 2.24) is 0 Å². The third kappa shape index (κ3) is 10.3. The minimum absolute atomic E-state index is 1.09. The van der Waals surface area contributed by atoms with Gasteiger partial charge in [-0.3, -0.25) is 0 Å². The SMILES string of the molecule is C(=C(c1ccccc1)c1ccccc1)c1ccc(N(c2ccccc2)c2ccc(-c3ccc(-c4ccc(N(c5ccccc5)c5ccc(C=C(c6ccccc6)c6ccccc6)cc5)cc4)cc3)cc2)cc1. The lowest BCUT2D eigenvalue weighted by atomic mass is 9.95. The second kappa shape index (κ2) is 21.4. The number of hydrogen-bond acceptors (Lipinski definition) is 2. The Bertz CT molecular complexity index is 3190. The molecule has 0 fully saturated rings. The number of para-hydroxylation sites is 2. The molecular weight excluding hydrogens is 869 g/mol. The van der Waals surface area contributed by atoms with E-state index in [1.807, 2.05) is 0 Å². The molecular formula is C70H52N2. The van der Waals surface area contributed by atoms with Crippen LogP contribution in [0.5, 0.6) is 0 Å². The molecule has 11 aromatic rings. The van der Waals surface area contributed by atoms with Crippen LogP contribution in [-0.2, 0) is 0 Å². The van der Waals surface area contributed by atoms with E-state index < -0.39 is 0 Å². The van der Waals surface area contributed by atoms with Crippen molar-refractivity contribution in [3.05, 3.63) is 337 Å². The van der Waals surface area contributed by atoms with E-state index in [0.717, 1.165) is 45.3 Å². The summed E-state index contributed by atoms with van der Waals surface area (Å²) in [6.07, 6.45) is 4.56. The van der Waals surface area contributed by atoms with Crippen LogP contribution in [0.4, 0.5) is 34.1 Å². The van der Waals surface area contributed by atoms with E-state index in [4.69, 9.17) is 0 Å². The molecule has 0 amide bonds. The number of rotatable bonds is 14. The smallest absolute Gasteiger partial charge is 0.0462 e. The monoisotopic (exact) mass is 920 g/mol. The Hall–Kier alpha value is -9.50. The second-order valence-electron chi connectivity index (χ2n) is 17.8. The van der Waals surface area contributed by atoms with Crippen LogP contribution in [0.2, 0.25) is 0 Å². The molecule has 0 spiro atoms. The molecule has 0 atom stereocenters. The Balaban J connectivity index is 0.822. The topological polar surface area (TPSA) is 6.48 Å². The van der Waals surface area contributed by atoms with E-state index in [9.17, 15) is 0 Å². The molecule has 0 aliphatic heterocycles. The average molecular weight is 921 g/mol. The summed E-state index contributed by atoms with van der Waals surface area (Å²) in [5.74, 6) is 0. The van der Waals surface area contributed by atoms with E-state index >= 15 is 0 Å². The van der Waals surface area contributed by atoms with E-state index in [1.54, 1.807) is 0 Å². The maximum absolute atomic E-state index is 2.32. The van der Waals surface area contributed by atoms with Crippen LogP contribution < -0.4 is 9.80 Å². The Labute approximate surface area is 424 Å². The number of hydrogen-bond donors (Lipinski definition) is 0. The maximum Gasteiger partial charge on any atom is 0.0462 e. The van der Waals surface area contributed by atoms with E-state index in [2.05, 4.69) is 325 Å². The lowest BCUT2D eigenvalue weighted by Crippen LogP contribution is -2.09. The maximum atomic E-state index is 2.32. The fourth-order valence-corrected chi connectivity index (χ4v) is 9.42. The minimum Gasteiger partial charge on any atom is -0.311 e. The molecule has 0 radical (unpaired) electrons. The quantitative estimate of drug-likeness (QED) is 0.100. The first-order valence-corrected chi connectivity index (χ1v) is 24.6. The molecule has 0 heterocycles. The summed E-state index contributed by atoms with van der Waals surface area (Å²) in [7, 11) is 0. The summed E-state index contributed by atoms with van der Waals surface area (Å²) >= 11 is 0. The van der Waals surface area contributed by atoms with Crippen molar-refractivity contribution in [3.63, 3.8) is 0 Å². The second-order valence-corrected chi connectivity index (χ2v) is 17.8. The zero-order chi connectivity index (χ0) is 48.3. The van der Waals surface area contributed by atoms with Gasteiger partial charge in [-0.1, -0.05) is 231 Å². The zero-order valence-corrected chi connectivity index (χ0v) is 39.9. The van der Waals surface area contributed by atoms with E-state index in [1.165, 1.54) is 55.7 Å². The highest BCUT2D eigenvalue weighted by atomic mass is 15.1. The van der Waals surface area contributed by atoms with Crippen molar-refractivity contribution in [3.8, 4) is 22.3 Å². The van der Waals surface area contributed by atoms with Crippen molar-refractivity contribution in [1.29, 1.82) is 0 Å². The van der Waals surface area contributed by atoms with Gasteiger partial charge in [-0.15, -0.1) is 0 Å². The first-order chi connectivity index (χ1) is 35.7. The fraction of sp³-hybridized carbons (Fsp3) is 0. The van der Waals surface area contributed by atoms with Gasteiger partial charge < -0.3 is 9.80 Å². The van der Waals surface area contributed by atoms with Crippen LogP contribution in [0.3, 0.4) is 0 Å². The van der Waals surface area contributed by atoms with Gasteiger partial charge in [0.2, 0.25) is 0 Å². The van der Waals surface area contributed by atoms with Gasteiger partial charge in [-0.05, 0) is 152 Å². The highest BCUT2D eigenvalue weighted by Crippen LogP contribution is 2.39. The van der Waals surface area contributed by atoms with Gasteiger partial charge in [0.25, 0.3) is 0 Å². The van der Waals surface area contributed by atoms with Gasteiger partial charge in [0.1, 0.15) is 0 Å². The number of benzene rings is 11.